The topological polar surface area (TPSA) is 53.2 Å². The van der Waals surface area contributed by atoms with E-state index in [0.29, 0.717) is 10.8 Å². The predicted octanol–water partition coefficient (Wildman–Crippen LogP) is 2.10. The fourth-order valence-corrected chi connectivity index (χ4v) is 2.77. The second kappa shape index (κ2) is 4.88. The van der Waals surface area contributed by atoms with Gasteiger partial charge in [0, 0.05) is 4.90 Å². The first-order chi connectivity index (χ1) is 7.70. The van der Waals surface area contributed by atoms with E-state index < -0.39 is 6.10 Å². The minimum Gasteiger partial charge on any atom is -0.389 e. The zero-order valence-corrected chi connectivity index (χ0v) is 9.83. The Morgan fingerprint density at radius 1 is 1.56 bits per heavy atom. The molecule has 0 amide bonds. The Balaban J connectivity index is 2.26. The third kappa shape index (κ3) is 2.38. The number of nitrogens with zero attached hydrogens (tertiary/aromatic N) is 1. The molecule has 4 heteroatoms. The van der Waals surface area contributed by atoms with Crippen LogP contribution in [0.4, 0.5) is 0 Å². The standard InChI is InChI=1S/C12H13NO2S/c1-8(14)11-3-2-9(5-13)4-12(11)16-10-6-15-7-10/h2-4,8,10,14H,6-7H2,1H3. The highest BCUT2D eigenvalue weighted by atomic mass is 32.2. The molecule has 3 nitrogen and oxygen atoms in total. The van der Waals surface area contributed by atoms with E-state index in [1.807, 2.05) is 12.1 Å². The van der Waals surface area contributed by atoms with Crippen molar-refractivity contribution in [3.63, 3.8) is 0 Å². The molecule has 84 valence electrons. The van der Waals surface area contributed by atoms with Crippen LogP contribution < -0.4 is 0 Å². The van der Waals surface area contributed by atoms with Gasteiger partial charge in [-0.05, 0) is 24.6 Å². The number of ether oxygens (including phenoxy) is 1. The smallest absolute Gasteiger partial charge is 0.0992 e. The summed E-state index contributed by atoms with van der Waals surface area (Å²) in [4.78, 5) is 0.988. The predicted molar refractivity (Wildman–Crippen MR) is 62.3 cm³/mol. The molecule has 0 radical (unpaired) electrons. The number of nitriles is 1. The van der Waals surface area contributed by atoms with Crippen molar-refractivity contribution in [2.24, 2.45) is 0 Å². The van der Waals surface area contributed by atoms with E-state index in [1.165, 1.54) is 0 Å². The summed E-state index contributed by atoms with van der Waals surface area (Å²) in [5.41, 5.74) is 1.52. The Hall–Kier alpha value is -1.02. The molecule has 0 bridgehead atoms. The zero-order chi connectivity index (χ0) is 11.5. The molecule has 1 unspecified atom stereocenters. The van der Waals surface area contributed by atoms with Crippen molar-refractivity contribution < 1.29 is 9.84 Å². The lowest BCUT2D eigenvalue weighted by Crippen LogP contribution is -2.30. The van der Waals surface area contributed by atoms with Crippen LogP contribution in [0.25, 0.3) is 0 Å². The lowest BCUT2D eigenvalue weighted by atomic mass is 10.1. The van der Waals surface area contributed by atoms with E-state index in [-0.39, 0.29) is 0 Å². The van der Waals surface area contributed by atoms with Gasteiger partial charge in [-0.2, -0.15) is 5.26 Å². The highest BCUT2D eigenvalue weighted by Gasteiger charge is 2.21. The molecule has 1 heterocycles. The lowest BCUT2D eigenvalue weighted by Gasteiger charge is -2.26. The lowest BCUT2D eigenvalue weighted by molar-refractivity contribution is 0.0455. The minimum atomic E-state index is -0.503. The van der Waals surface area contributed by atoms with Crippen molar-refractivity contribution in [3.8, 4) is 6.07 Å². The first-order valence-corrected chi connectivity index (χ1v) is 6.05. The van der Waals surface area contributed by atoms with Gasteiger partial charge in [-0.15, -0.1) is 11.8 Å². The van der Waals surface area contributed by atoms with Crippen molar-refractivity contribution in [2.45, 2.75) is 23.2 Å². The third-order valence-electron chi connectivity index (χ3n) is 2.49. The van der Waals surface area contributed by atoms with E-state index in [4.69, 9.17) is 10.00 Å². The number of hydrogen-bond donors (Lipinski definition) is 1. The van der Waals surface area contributed by atoms with Gasteiger partial charge < -0.3 is 9.84 Å². The quantitative estimate of drug-likeness (QED) is 0.871. The van der Waals surface area contributed by atoms with Gasteiger partial charge in [0.25, 0.3) is 0 Å². The normalized spacial score (nSPS) is 17.6. The largest absolute Gasteiger partial charge is 0.389 e. The average Bonchev–Trinajstić information content (AvgIpc) is 2.22. The highest BCUT2D eigenvalue weighted by molar-refractivity contribution is 8.00. The van der Waals surface area contributed by atoms with Crippen LogP contribution in [0.2, 0.25) is 0 Å². The van der Waals surface area contributed by atoms with Gasteiger partial charge >= 0.3 is 0 Å². The van der Waals surface area contributed by atoms with Gasteiger partial charge in [-0.3, -0.25) is 0 Å². The summed E-state index contributed by atoms with van der Waals surface area (Å²) >= 11 is 1.68. The molecule has 0 aliphatic carbocycles. The Kier molecular flexibility index (Phi) is 3.49. The second-order valence-corrected chi connectivity index (χ2v) is 5.16. The summed E-state index contributed by atoms with van der Waals surface area (Å²) < 4.78 is 5.12. The Morgan fingerprint density at radius 3 is 2.81 bits per heavy atom. The maximum Gasteiger partial charge on any atom is 0.0992 e. The highest BCUT2D eigenvalue weighted by Crippen LogP contribution is 2.34. The van der Waals surface area contributed by atoms with Gasteiger partial charge in [0.2, 0.25) is 0 Å². The number of hydrogen-bond acceptors (Lipinski definition) is 4. The SMILES string of the molecule is CC(O)c1ccc(C#N)cc1SC1COC1. The van der Waals surface area contributed by atoms with Crippen LogP contribution in [0.15, 0.2) is 23.1 Å². The fourth-order valence-electron chi connectivity index (χ4n) is 1.51. The van der Waals surface area contributed by atoms with Gasteiger partial charge in [-0.1, -0.05) is 6.07 Å². The second-order valence-electron chi connectivity index (χ2n) is 3.82. The molecule has 1 aromatic carbocycles. The van der Waals surface area contributed by atoms with Crippen molar-refractivity contribution >= 4 is 11.8 Å². The summed E-state index contributed by atoms with van der Waals surface area (Å²) in [7, 11) is 0. The molecule has 1 aromatic rings. The number of aliphatic hydroxyl groups excluding tert-OH is 1. The van der Waals surface area contributed by atoms with Crippen LogP contribution in [-0.4, -0.2) is 23.6 Å². The van der Waals surface area contributed by atoms with E-state index in [1.54, 1.807) is 24.8 Å². The maximum atomic E-state index is 9.64. The molecular weight excluding hydrogens is 222 g/mol. The fraction of sp³-hybridized carbons (Fsp3) is 0.417. The van der Waals surface area contributed by atoms with Gasteiger partial charge in [-0.25, -0.2) is 0 Å². The van der Waals surface area contributed by atoms with Gasteiger partial charge in [0.15, 0.2) is 0 Å². The Bertz CT molecular complexity index is 422. The number of thioether (sulfide) groups is 1. The molecule has 1 saturated heterocycles. The van der Waals surface area contributed by atoms with Crippen LogP contribution in [-0.2, 0) is 4.74 Å². The first kappa shape index (κ1) is 11.5. The summed E-state index contributed by atoms with van der Waals surface area (Å²) in [5.74, 6) is 0. The van der Waals surface area contributed by atoms with E-state index in [0.717, 1.165) is 23.7 Å². The maximum absolute atomic E-state index is 9.64. The van der Waals surface area contributed by atoms with Crippen molar-refractivity contribution in [1.29, 1.82) is 5.26 Å². The molecule has 0 saturated carbocycles. The monoisotopic (exact) mass is 235 g/mol. The van der Waals surface area contributed by atoms with Crippen LogP contribution in [0, 0.1) is 11.3 Å². The van der Waals surface area contributed by atoms with Crippen LogP contribution in [0.1, 0.15) is 24.2 Å². The van der Waals surface area contributed by atoms with Crippen LogP contribution in [0.3, 0.4) is 0 Å². The molecule has 1 atom stereocenters. The van der Waals surface area contributed by atoms with Crippen LogP contribution >= 0.6 is 11.8 Å². The number of benzene rings is 1. The molecule has 1 fully saturated rings. The molecular formula is C12H13NO2S. The van der Waals surface area contributed by atoms with Crippen LogP contribution in [0.5, 0.6) is 0 Å². The first-order valence-electron chi connectivity index (χ1n) is 5.17. The van der Waals surface area contributed by atoms with Gasteiger partial charge in [0.05, 0.1) is 36.2 Å². The Labute approximate surface area is 99.0 Å². The minimum absolute atomic E-state index is 0.450. The average molecular weight is 235 g/mol. The molecule has 16 heavy (non-hydrogen) atoms. The van der Waals surface area contributed by atoms with E-state index >= 15 is 0 Å². The molecule has 0 aromatic heterocycles. The molecule has 1 aliphatic heterocycles. The van der Waals surface area contributed by atoms with E-state index in [9.17, 15) is 5.11 Å². The molecule has 1 N–H and O–H groups in total. The van der Waals surface area contributed by atoms with Crippen molar-refractivity contribution in [1.82, 2.24) is 0 Å². The molecule has 0 spiro atoms. The van der Waals surface area contributed by atoms with E-state index in [2.05, 4.69) is 6.07 Å². The third-order valence-corrected chi connectivity index (χ3v) is 3.71. The Morgan fingerprint density at radius 2 is 2.31 bits per heavy atom. The molecule has 2 rings (SSSR count). The number of aliphatic hydroxyl groups is 1. The van der Waals surface area contributed by atoms with Crippen molar-refractivity contribution in [3.05, 3.63) is 29.3 Å². The number of rotatable bonds is 3. The zero-order valence-electron chi connectivity index (χ0n) is 9.01. The summed E-state index contributed by atoms with van der Waals surface area (Å²) in [5, 5.41) is 18.9. The summed E-state index contributed by atoms with van der Waals surface area (Å²) in [6.45, 7) is 3.24. The summed E-state index contributed by atoms with van der Waals surface area (Å²) in [6, 6.07) is 7.52. The van der Waals surface area contributed by atoms with Gasteiger partial charge in [0.1, 0.15) is 0 Å². The van der Waals surface area contributed by atoms with Crippen molar-refractivity contribution in [2.75, 3.05) is 13.2 Å². The summed E-state index contributed by atoms with van der Waals surface area (Å²) in [6.07, 6.45) is -0.503. The molecule has 1 aliphatic rings.